The minimum atomic E-state index is 0.530. The van der Waals surface area contributed by atoms with Crippen LogP contribution in [0.1, 0.15) is 12.0 Å². The van der Waals surface area contributed by atoms with E-state index >= 15 is 0 Å². The molecule has 0 spiro atoms. The van der Waals surface area contributed by atoms with Crippen molar-refractivity contribution >= 4 is 10.8 Å². The molecule has 120 valence electrons. The van der Waals surface area contributed by atoms with Gasteiger partial charge in [0.05, 0.1) is 0 Å². The summed E-state index contributed by atoms with van der Waals surface area (Å²) >= 11 is 0. The molecule has 0 aliphatic heterocycles. The predicted octanol–water partition coefficient (Wildman–Crippen LogP) is 6.19. The van der Waals surface area contributed by atoms with Gasteiger partial charge in [0.25, 0.3) is 0 Å². The summed E-state index contributed by atoms with van der Waals surface area (Å²) in [6.45, 7) is 7.98. The molecule has 0 radical (unpaired) electrons. The van der Waals surface area contributed by atoms with Crippen LogP contribution in [0.25, 0.3) is 21.9 Å². The van der Waals surface area contributed by atoms with E-state index in [9.17, 15) is 0 Å². The third kappa shape index (κ3) is 3.75. The third-order valence-corrected chi connectivity index (χ3v) is 4.10. The van der Waals surface area contributed by atoms with Crippen molar-refractivity contribution in [1.29, 1.82) is 0 Å². The highest BCUT2D eigenvalue weighted by Gasteiger charge is 2.02. The molecule has 0 unspecified atom stereocenters. The lowest BCUT2D eigenvalue weighted by Gasteiger charge is -2.08. The lowest BCUT2D eigenvalue weighted by atomic mass is 9.99. The van der Waals surface area contributed by atoms with Gasteiger partial charge >= 0.3 is 0 Å². The summed E-state index contributed by atoms with van der Waals surface area (Å²) in [4.78, 5) is 0. The number of benzene rings is 3. The molecule has 0 aromatic heterocycles. The first kappa shape index (κ1) is 16.1. The molecule has 0 bridgehead atoms. The molecule has 0 saturated heterocycles. The van der Waals surface area contributed by atoms with Gasteiger partial charge in [0.1, 0.15) is 12.4 Å². The minimum Gasteiger partial charge on any atom is -0.490 e. The van der Waals surface area contributed by atoms with Crippen LogP contribution in [-0.4, -0.2) is 6.61 Å². The second kappa shape index (κ2) is 7.65. The van der Waals surface area contributed by atoms with Crippen molar-refractivity contribution in [1.82, 2.24) is 0 Å². The molecule has 0 fully saturated rings. The number of hydrogen-bond donors (Lipinski definition) is 0. The zero-order valence-corrected chi connectivity index (χ0v) is 13.9. The van der Waals surface area contributed by atoms with Crippen molar-refractivity contribution in [2.24, 2.45) is 0 Å². The van der Waals surface area contributed by atoms with Crippen molar-refractivity contribution in [2.45, 2.75) is 12.8 Å². The Morgan fingerprint density at radius 3 is 2.21 bits per heavy atom. The molecule has 24 heavy (non-hydrogen) atoms. The van der Waals surface area contributed by atoms with E-state index in [0.29, 0.717) is 6.61 Å². The molecule has 0 saturated carbocycles. The molecule has 1 nitrogen and oxygen atoms in total. The van der Waals surface area contributed by atoms with E-state index < -0.39 is 0 Å². The minimum absolute atomic E-state index is 0.530. The third-order valence-electron chi connectivity index (χ3n) is 4.10. The highest BCUT2D eigenvalue weighted by atomic mass is 16.5. The number of allylic oxidation sites excluding steroid dienone is 1. The first-order valence-corrected chi connectivity index (χ1v) is 8.28. The molecule has 0 atom stereocenters. The van der Waals surface area contributed by atoms with Crippen molar-refractivity contribution in [2.75, 3.05) is 6.61 Å². The van der Waals surface area contributed by atoms with Gasteiger partial charge in [-0.3, -0.25) is 0 Å². The van der Waals surface area contributed by atoms with Gasteiger partial charge in [-0.2, -0.15) is 0 Å². The van der Waals surface area contributed by atoms with Gasteiger partial charge in [-0.15, -0.1) is 6.58 Å². The van der Waals surface area contributed by atoms with Crippen LogP contribution < -0.4 is 4.74 Å². The van der Waals surface area contributed by atoms with Gasteiger partial charge in [-0.05, 0) is 58.5 Å². The van der Waals surface area contributed by atoms with E-state index in [1.165, 1.54) is 27.5 Å². The second-order valence-corrected chi connectivity index (χ2v) is 5.85. The van der Waals surface area contributed by atoms with Crippen molar-refractivity contribution in [3.05, 3.63) is 91.5 Å². The molecule has 3 rings (SSSR count). The maximum Gasteiger partial charge on any atom is 0.120 e. The molecular weight excluding hydrogens is 292 g/mol. The van der Waals surface area contributed by atoms with Crippen LogP contribution in [-0.2, 0) is 6.42 Å². The second-order valence-electron chi connectivity index (χ2n) is 5.85. The summed E-state index contributed by atoms with van der Waals surface area (Å²) in [5, 5.41) is 2.40. The number of rotatable bonds is 7. The maximum absolute atomic E-state index is 5.60. The molecule has 0 amide bonds. The number of hydrogen-bond acceptors (Lipinski definition) is 1. The zero-order valence-electron chi connectivity index (χ0n) is 13.9. The summed E-state index contributed by atoms with van der Waals surface area (Å²) in [5.74, 6) is 0.877. The number of ether oxygens (including phenoxy) is 1. The summed E-state index contributed by atoms with van der Waals surface area (Å²) in [7, 11) is 0. The highest BCUT2D eigenvalue weighted by Crippen LogP contribution is 2.27. The average molecular weight is 314 g/mol. The van der Waals surface area contributed by atoms with E-state index in [2.05, 4.69) is 67.8 Å². The molecule has 0 aliphatic rings. The standard InChI is InChI=1S/C23H22O/c1-3-5-6-18-7-9-19(10-8-18)20-11-12-22-17-23(24-15-4-2)14-13-21(22)16-20/h3-4,7-14,16-17H,1-2,5-6,15H2. The quantitative estimate of drug-likeness (QED) is 0.472. The first-order chi connectivity index (χ1) is 11.8. The van der Waals surface area contributed by atoms with E-state index in [1.807, 2.05) is 12.1 Å². The number of aryl methyl sites for hydroxylation is 1. The summed E-state index contributed by atoms with van der Waals surface area (Å²) in [6, 6.07) is 21.5. The lowest BCUT2D eigenvalue weighted by Crippen LogP contribution is -1.92. The van der Waals surface area contributed by atoms with E-state index in [-0.39, 0.29) is 0 Å². The van der Waals surface area contributed by atoms with Gasteiger partial charge in [0.15, 0.2) is 0 Å². The van der Waals surface area contributed by atoms with E-state index in [0.717, 1.165) is 18.6 Å². The van der Waals surface area contributed by atoms with Gasteiger partial charge < -0.3 is 4.74 Å². The highest BCUT2D eigenvalue weighted by molar-refractivity contribution is 5.88. The average Bonchev–Trinajstić information content (AvgIpc) is 2.64. The molecule has 0 heterocycles. The maximum atomic E-state index is 5.60. The van der Waals surface area contributed by atoms with Crippen LogP contribution in [0.4, 0.5) is 0 Å². The fourth-order valence-corrected chi connectivity index (χ4v) is 2.78. The molecule has 0 aliphatic carbocycles. The van der Waals surface area contributed by atoms with E-state index in [4.69, 9.17) is 4.74 Å². The Bertz CT molecular complexity index is 844. The van der Waals surface area contributed by atoms with Crippen molar-refractivity contribution in [3.63, 3.8) is 0 Å². The Kier molecular flexibility index (Phi) is 5.12. The lowest BCUT2D eigenvalue weighted by molar-refractivity contribution is 0.364. The summed E-state index contributed by atoms with van der Waals surface area (Å²) in [6.07, 6.45) is 5.79. The summed E-state index contributed by atoms with van der Waals surface area (Å²) in [5.41, 5.74) is 3.83. The Hall–Kier alpha value is -2.80. The smallest absolute Gasteiger partial charge is 0.120 e. The van der Waals surface area contributed by atoms with Crippen LogP contribution in [0.15, 0.2) is 86.0 Å². The largest absolute Gasteiger partial charge is 0.490 e. The Morgan fingerprint density at radius 1 is 0.750 bits per heavy atom. The monoisotopic (exact) mass is 314 g/mol. The molecule has 3 aromatic carbocycles. The van der Waals surface area contributed by atoms with Crippen LogP contribution in [0.5, 0.6) is 5.75 Å². The summed E-state index contributed by atoms with van der Waals surface area (Å²) < 4.78 is 5.60. The van der Waals surface area contributed by atoms with Crippen LogP contribution in [0.3, 0.4) is 0 Å². The number of fused-ring (bicyclic) bond motifs is 1. The molecular formula is C23H22O. The normalized spacial score (nSPS) is 10.5. The fraction of sp³-hybridized carbons (Fsp3) is 0.130. The van der Waals surface area contributed by atoms with Crippen LogP contribution in [0.2, 0.25) is 0 Å². The van der Waals surface area contributed by atoms with Gasteiger partial charge in [-0.25, -0.2) is 0 Å². The van der Waals surface area contributed by atoms with Gasteiger partial charge in [0.2, 0.25) is 0 Å². The van der Waals surface area contributed by atoms with Crippen molar-refractivity contribution < 1.29 is 4.74 Å². The zero-order chi connectivity index (χ0) is 16.8. The predicted molar refractivity (Wildman–Crippen MR) is 104 cm³/mol. The Balaban J connectivity index is 1.84. The van der Waals surface area contributed by atoms with Gasteiger partial charge in [0, 0.05) is 0 Å². The SMILES string of the molecule is C=CCCc1ccc(-c2ccc3cc(OCC=C)ccc3c2)cc1. The first-order valence-electron chi connectivity index (χ1n) is 8.28. The Labute approximate surface area is 143 Å². The van der Waals surface area contributed by atoms with Crippen LogP contribution in [0, 0.1) is 0 Å². The van der Waals surface area contributed by atoms with Crippen LogP contribution >= 0.6 is 0 Å². The molecule has 1 heteroatoms. The van der Waals surface area contributed by atoms with E-state index in [1.54, 1.807) is 6.08 Å². The Morgan fingerprint density at radius 2 is 1.46 bits per heavy atom. The van der Waals surface area contributed by atoms with Crippen molar-refractivity contribution in [3.8, 4) is 16.9 Å². The topological polar surface area (TPSA) is 9.23 Å². The molecule has 3 aromatic rings. The molecule has 0 N–H and O–H groups in total. The fourth-order valence-electron chi connectivity index (χ4n) is 2.78. The van der Waals surface area contributed by atoms with Gasteiger partial charge in [-0.1, -0.05) is 61.2 Å².